The van der Waals surface area contributed by atoms with E-state index in [-0.39, 0.29) is 18.1 Å². The summed E-state index contributed by atoms with van der Waals surface area (Å²) in [6, 6.07) is 9.18. The standard InChI is InChI=1S/C16H12ClNO5/c1-18-15(19)11-6-13-14(22-8-21-13)7-12(11)23-16(20)9-2-4-10(17)5-3-9/h2-7H,8H2,1H3,(H,18,19). The van der Waals surface area contributed by atoms with Crippen LogP contribution in [0.2, 0.25) is 5.02 Å². The molecule has 0 saturated carbocycles. The maximum Gasteiger partial charge on any atom is 0.343 e. The van der Waals surface area contributed by atoms with Gasteiger partial charge in [-0.2, -0.15) is 0 Å². The monoisotopic (exact) mass is 333 g/mol. The Morgan fingerprint density at radius 3 is 2.43 bits per heavy atom. The molecule has 0 aliphatic carbocycles. The van der Waals surface area contributed by atoms with Gasteiger partial charge in [-0.1, -0.05) is 11.6 Å². The number of amides is 1. The van der Waals surface area contributed by atoms with E-state index in [1.165, 1.54) is 31.3 Å². The summed E-state index contributed by atoms with van der Waals surface area (Å²) in [5.41, 5.74) is 0.494. The van der Waals surface area contributed by atoms with Crippen LogP contribution in [0.25, 0.3) is 0 Å². The van der Waals surface area contributed by atoms with Crippen molar-refractivity contribution >= 4 is 23.5 Å². The maximum atomic E-state index is 12.2. The molecule has 3 rings (SSSR count). The molecule has 0 bridgehead atoms. The minimum absolute atomic E-state index is 0.0527. The summed E-state index contributed by atoms with van der Waals surface area (Å²) in [5.74, 6) is -0.0760. The molecule has 2 aromatic carbocycles. The second-order valence-corrected chi connectivity index (χ2v) is 5.11. The van der Waals surface area contributed by atoms with Gasteiger partial charge in [0.25, 0.3) is 5.91 Å². The lowest BCUT2D eigenvalue weighted by Crippen LogP contribution is -2.20. The van der Waals surface area contributed by atoms with Gasteiger partial charge in [0.1, 0.15) is 5.75 Å². The Labute approximate surface area is 136 Å². The lowest BCUT2D eigenvalue weighted by Gasteiger charge is -2.10. The first kappa shape index (κ1) is 15.2. The summed E-state index contributed by atoms with van der Waals surface area (Å²) < 4.78 is 15.8. The van der Waals surface area contributed by atoms with Crippen molar-refractivity contribution in [1.82, 2.24) is 5.32 Å². The molecule has 0 saturated heterocycles. The van der Waals surface area contributed by atoms with Crippen LogP contribution in [0.1, 0.15) is 20.7 Å². The first-order chi connectivity index (χ1) is 11.1. The number of ether oxygens (including phenoxy) is 3. The van der Waals surface area contributed by atoms with Gasteiger partial charge in [-0.25, -0.2) is 4.79 Å². The molecular weight excluding hydrogens is 322 g/mol. The molecule has 0 unspecified atom stereocenters. The fourth-order valence-corrected chi connectivity index (χ4v) is 2.19. The molecule has 2 aromatic rings. The first-order valence-electron chi connectivity index (χ1n) is 6.72. The van der Waals surface area contributed by atoms with Crippen LogP contribution in [0.15, 0.2) is 36.4 Å². The third-order valence-electron chi connectivity index (χ3n) is 3.23. The highest BCUT2D eigenvalue weighted by Crippen LogP contribution is 2.38. The van der Waals surface area contributed by atoms with Crippen molar-refractivity contribution in [2.24, 2.45) is 0 Å². The number of carbonyl (C=O) groups excluding carboxylic acids is 2. The fourth-order valence-electron chi connectivity index (χ4n) is 2.06. The lowest BCUT2D eigenvalue weighted by molar-refractivity contribution is 0.0732. The molecule has 1 aliphatic rings. The highest BCUT2D eigenvalue weighted by molar-refractivity contribution is 6.30. The predicted octanol–water partition coefficient (Wildman–Crippen LogP) is 2.65. The Morgan fingerprint density at radius 1 is 1.13 bits per heavy atom. The van der Waals surface area contributed by atoms with E-state index in [0.717, 1.165) is 0 Å². The van der Waals surface area contributed by atoms with Crippen molar-refractivity contribution in [1.29, 1.82) is 0 Å². The van der Waals surface area contributed by atoms with Crippen LogP contribution >= 0.6 is 11.6 Å². The Balaban J connectivity index is 1.93. The van der Waals surface area contributed by atoms with E-state index in [9.17, 15) is 9.59 Å². The third-order valence-corrected chi connectivity index (χ3v) is 3.48. The van der Waals surface area contributed by atoms with Crippen LogP contribution in [0.5, 0.6) is 17.2 Å². The molecule has 1 aliphatic heterocycles. The normalized spacial score (nSPS) is 11.9. The lowest BCUT2D eigenvalue weighted by atomic mass is 10.1. The molecule has 7 heteroatoms. The highest BCUT2D eigenvalue weighted by atomic mass is 35.5. The van der Waals surface area contributed by atoms with Gasteiger partial charge in [0.05, 0.1) is 11.1 Å². The van der Waals surface area contributed by atoms with E-state index in [0.29, 0.717) is 22.1 Å². The van der Waals surface area contributed by atoms with Gasteiger partial charge in [0, 0.05) is 24.2 Å². The number of benzene rings is 2. The molecule has 0 aromatic heterocycles. The summed E-state index contributed by atoms with van der Waals surface area (Å²) >= 11 is 5.79. The average Bonchev–Trinajstić information content (AvgIpc) is 3.01. The van der Waals surface area contributed by atoms with Gasteiger partial charge in [-0.15, -0.1) is 0 Å². The molecule has 0 atom stereocenters. The van der Waals surface area contributed by atoms with Crippen LogP contribution in [0.3, 0.4) is 0 Å². The van der Waals surface area contributed by atoms with E-state index >= 15 is 0 Å². The average molecular weight is 334 g/mol. The van der Waals surface area contributed by atoms with E-state index < -0.39 is 11.9 Å². The van der Waals surface area contributed by atoms with Gasteiger partial charge in [-0.05, 0) is 24.3 Å². The number of nitrogens with one attached hydrogen (secondary N) is 1. The molecule has 1 heterocycles. The Morgan fingerprint density at radius 2 is 1.78 bits per heavy atom. The second-order valence-electron chi connectivity index (χ2n) is 4.68. The molecule has 1 N–H and O–H groups in total. The van der Waals surface area contributed by atoms with E-state index in [4.69, 9.17) is 25.8 Å². The van der Waals surface area contributed by atoms with Crippen molar-refractivity contribution in [2.75, 3.05) is 13.8 Å². The number of hydrogen-bond donors (Lipinski definition) is 1. The van der Waals surface area contributed by atoms with Gasteiger partial charge in [0.2, 0.25) is 6.79 Å². The second kappa shape index (κ2) is 6.18. The van der Waals surface area contributed by atoms with Crippen LogP contribution in [0.4, 0.5) is 0 Å². The highest BCUT2D eigenvalue weighted by Gasteiger charge is 2.23. The minimum Gasteiger partial charge on any atom is -0.454 e. The zero-order chi connectivity index (χ0) is 16.4. The SMILES string of the molecule is CNC(=O)c1cc2c(cc1OC(=O)c1ccc(Cl)cc1)OCO2. The smallest absolute Gasteiger partial charge is 0.343 e. The van der Waals surface area contributed by atoms with E-state index in [1.807, 2.05) is 0 Å². The third kappa shape index (κ3) is 3.07. The fraction of sp³-hybridized carbons (Fsp3) is 0.125. The van der Waals surface area contributed by atoms with Crippen LogP contribution in [0, 0.1) is 0 Å². The Kier molecular flexibility index (Phi) is 4.08. The summed E-state index contributed by atoms with van der Waals surface area (Å²) in [6.45, 7) is 0.0527. The topological polar surface area (TPSA) is 73.9 Å². The Hall–Kier alpha value is -2.73. The quantitative estimate of drug-likeness (QED) is 0.690. The molecule has 0 radical (unpaired) electrons. The van der Waals surface area contributed by atoms with Gasteiger partial charge < -0.3 is 19.5 Å². The number of hydrogen-bond acceptors (Lipinski definition) is 5. The van der Waals surface area contributed by atoms with Crippen molar-refractivity contribution in [3.05, 3.63) is 52.5 Å². The number of rotatable bonds is 3. The number of esters is 1. The number of fused-ring (bicyclic) bond motifs is 1. The molecular formula is C16H12ClNO5. The van der Waals surface area contributed by atoms with Crippen LogP contribution < -0.4 is 19.5 Å². The molecule has 0 spiro atoms. The van der Waals surface area contributed by atoms with Crippen LogP contribution in [-0.2, 0) is 0 Å². The van der Waals surface area contributed by atoms with Gasteiger partial charge in [-0.3, -0.25) is 4.79 Å². The minimum atomic E-state index is -0.606. The van der Waals surface area contributed by atoms with Crippen molar-refractivity contribution in [2.45, 2.75) is 0 Å². The van der Waals surface area contributed by atoms with Crippen molar-refractivity contribution in [3.8, 4) is 17.2 Å². The molecule has 23 heavy (non-hydrogen) atoms. The zero-order valence-corrected chi connectivity index (χ0v) is 12.8. The zero-order valence-electron chi connectivity index (χ0n) is 12.1. The van der Waals surface area contributed by atoms with Crippen LogP contribution in [-0.4, -0.2) is 25.7 Å². The van der Waals surface area contributed by atoms with Crippen molar-refractivity contribution < 1.29 is 23.8 Å². The molecule has 118 valence electrons. The summed E-state index contributed by atoms with van der Waals surface area (Å²) in [5, 5.41) is 3.00. The largest absolute Gasteiger partial charge is 0.454 e. The Bertz CT molecular complexity index is 773. The van der Waals surface area contributed by atoms with Gasteiger partial charge >= 0.3 is 5.97 Å². The van der Waals surface area contributed by atoms with Gasteiger partial charge in [0.15, 0.2) is 11.5 Å². The first-order valence-corrected chi connectivity index (χ1v) is 7.10. The maximum absolute atomic E-state index is 12.2. The van der Waals surface area contributed by atoms with Crippen molar-refractivity contribution in [3.63, 3.8) is 0 Å². The predicted molar refractivity (Wildman–Crippen MR) is 82.4 cm³/mol. The number of halogens is 1. The molecule has 6 nitrogen and oxygen atoms in total. The molecule has 1 amide bonds. The van der Waals surface area contributed by atoms with E-state index in [1.54, 1.807) is 12.1 Å². The molecule has 0 fully saturated rings. The number of carbonyl (C=O) groups is 2. The summed E-state index contributed by atoms with van der Waals surface area (Å²) in [7, 11) is 1.48. The summed E-state index contributed by atoms with van der Waals surface area (Å²) in [4.78, 5) is 24.2. The summed E-state index contributed by atoms with van der Waals surface area (Å²) in [6.07, 6.45) is 0. The van der Waals surface area contributed by atoms with E-state index in [2.05, 4.69) is 5.32 Å².